The number of aromatic amines is 2. The van der Waals surface area contributed by atoms with Crippen molar-refractivity contribution in [2.45, 2.75) is 12.8 Å². The molecule has 1 atom stereocenters. The zero-order valence-electron chi connectivity index (χ0n) is 27.2. The number of likely N-dealkylation sites (N-methyl/N-ethyl adjacent to an activating group) is 1. The Morgan fingerprint density at radius 1 is 0.980 bits per heavy atom. The maximum absolute atomic E-state index is 14.2. The number of piperazine rings is 1. The molecule has 1 saturated heterocycles. The molecule has 0 saturated carbocycles. The Labute approximate surface area is 294 Å². The molecule has 12 nitrogen and oxygen atoms in total. The summed E-state index contributed by atoms with van der Waals surface area (Å²) >= 11 is 8.04. The van der Waals surface area contributed by atoms with Crippen molar-refractivity contribution in [3.05, 3.63) is 87.4 Å². The van der Waals surface area contributed by atoms with Crippen LogP contribution in [0.5, 0.6) is 5.75 Å². The molecular formula is C36H32ClN7O5S. The van der Waals surface area contributed by atoms with Gasteiger partial charge in [0, 0.05) is 83.5 Å². The minimum atomic E-state index is -0.400. The van der Waals surface area contributed by atoms with E-state index < -0.39 is 6.09 Å². The number of carbonyl (C=O) groups is 3. The van der Waals surface area contributed by atoms with E-state index in [0.717, 1.165) is 45.2 Å². The van der Waals surface area contributed by atoms with Gasteiger partial charge in [-0.3, -0.25) is 9.59 Å². The molecule has 3 amide bonds. The number of hydrogen-bond donors (Lipinski definition) is 3. The maximum atomic E-state index is 14.2. The number of nitroso groups, excluding NO2 is 1. The van der Waals surface area contributed by atoms with Gasteiger partial charge in [-0.2, -0.15) is 0 Å². The number of benzene rings is 3. The van der Waals surface area contributed by atoms with Crippen LogP contribution in [0.25, 0.3) is 31.9 Å². The molecule has 254 valence electrons. The van der Waals surface area contributed by atoms with E-state index in [2.05, 4.69) is 25.4 Å². The molecular weight excluding hydrogens is 678 g/mol. The van der Waals surface area contributed by atoms with Gasteiger partial charge < -0.3 is 34.7 Å². The first-order valence-electron chi connectivity index (χ1n) is 16.2. The number of ether oxygens (including phenoxy) is 1. The van der Waals surface area contributed by atoms with Crippen molar-refractivity contribution in [2.75, 3.05) is 55.9 Å². The number of nitrogens with zero attached hydrogens (tertiary/aromatic N) is 4. The summed E-state index contributed by atoms with van der Waals surface area (Å²) in [6.45, 7) is 5.12. The third kappa shape index (κ3) is 5.56. The van der Waals surface area contributed by atoms with Crippen LogP contribution in [0.3, 0.4) is 0 Å². The lowest BCUT2D eigenvalue weighted by Crippen LogP contribution is -2.48. The first-order chi connectivity index (χ1) is 24.2. The van der Waals surface area contributed by atoms with Crippen molar-refractivity contribution in [3.8, 4) is 5.75 Å². The molecule has 14 heteroatoms. The molecule has 3 N–H and O–H groups in total. The Morgan fingerprint density at radius 3 is 2.46 bits per heavy atom. The quantitative estimate of drug-likeness (QED) is 0.120. The van der Waals surface area contributed by atoms with Crippen LogP contribution in [0.4, 0.5) is 21.9 Å². The number of amides is 3. The summed E-state index contributed by atoms with van der Waals surface area (Å²) in [6, 6.07) is 15.5. The molecule has 3 aromatic heterocycles. The van der Waals surface area contributed by atoms with Crippen LogP contribution in [0.2, 0.25) is 0 Å². The van der Waals surface area contributed by atoms with E-state index in [-0.39, 0.29) is 23.4 Å². The number of thiophene rings is 1. The molecule has 2 aliphatic heterocycles. The van der Waals surface area contributed by atoms with Gasteiger partial charge in [0.1, 0.15) is 17.1 Å². The molecule has 0 spiro atoms. The number of aromatic nitrogens is 2. The second-order valence-corrected chi connectivity index (χ2v) is 14.0. The number of carbonyl (C=O) groups excluding carboxylic acids is 3. The minimum Gasteiger partial charge on any atom is -0.409 e. The molecule has 0 radical (unpaired) electrons. The van der Waals surface area contributed by atoms with Crippen molar-refractivity contribution in [3.63, 3.8) is 0 Å². The standard InChI is InChI=1S/C36H32ClN7O5S/c1-19-18-50-33-30(49-36(47)43-9-7-42(2)8-10-43)15-29-32(31(19)33)22(16-37)17-44(29)35(46)28-14-20-11-23(3-5-26(20)40-28)38-34(45)27-13-21-12-24(41-48)4-6-25(21)39-27/h3-6,11-15,18,22,39-40H,7-10,16-17H2,1-2H3,(H,38,45)/t22-/m1/s1. The predicted molar refractivity (Wildman–Crippen MR) is 197 cm³/mol. The van der Waals surface area contributed by atoms with Crippen LogP contribution < -0.4 is 15.0 Å². The number of anilines is 2. The molecule has 6 aromatic rings. The molecule has 5 heterocycles. The van der Waals surface area contributed by atoms with E-state index in [0.29, 0.717) is 64.9 Å². The van der Waals surface area contributed by atoms with Gasteiger partial charge >= 0.3 is 6.09 Å². The van der Waals surface area contributed by atoms with Crippen LogP contribution in [0, 0.1) is 11.8 Å². The van der Waals surface area contributed by atoms with Gasteiger partial charge in [-0.1, -0.05) is 0 Å². The lowest BCUT2D eigenvalue weighted by molar-refractivity contribution is 0.0982. The van der Waals surface area contributed by atoms with Gasteiger partial charge in [0.2, 0.25) is 0 Å². The summed E-state index contributed by atoms with van der Waals surface area (Å²) < 4.78 is 6.91. The van der Waals surface area contributed by atoms with E-state index in [1.807, 2.05) is 31.5 Å². The lowest BCUT2D eigenvalue weighted by Gasteiger charge is -2.31. The summed E-state index contributed by atoms with van der Waals surface area (Å²) in [7, 11) is 2.03. The van der Waals surface area contributed by atoms with Crippen LogP contribution in [-0.4, -0.2) is 83.3 Å². The Bertz CT molecular complexity index is 2360. The number of aryl methyl sites for hydroxylation is 1. The number of H-pyrrole nitrogens is 2. The third-order valence-electron chi connectivity index (χ3n) is 9.57. The van der Waals surface area contributed by atoms with Crippen LogP contribution in [0.1, 0.15) is 38.0 Å². The summed E-state index contributed by atoms with van der Waals surface area (Å²) in [6.07, 6.45) is -0.400. The number of rotatable bonds is 6. The molecule has 50 heavy (non-hydrogen) atoms. The Balaban J connectivity index is 1.07. The number of fused-ring (bicyclic) bond motifs is 5. The molecule has 1 fully saturated rings. The van der Waals surface area contributed by atoms with Gasteiger partial charge in [0.05, 0.1) is 10.4 Å². The maximum Gasteiger partial charge on any atom is 0.415 e. The molecule has 0 bridgehead atoms. The number of alkyl halides is 1. The molecule has 3 aromatic carbocycles. The van der Waals surface area contributed by atoms with Gasteiger partial charge in [0.15, 0.2) is 5.75 Å². The average Bonchev–Trinajstić information content (AvgIpc) is 3.91. The highest BCUT2D eigenvalue weighted by Crippen LogP contribution is 2.49. The fourth-order valence-electron chi connectivity index (χ4n) is 6.91. The van der Waals surface area contributed by atoms with Gasteiger partial charge in [0.25, 0.3) is 11.8 Å². The second-order valence-electron chi connectivity index (χ2n) is 12.8. The molecule has 0 unspecified atom stereocenters. The van der Waals surface area contributed by atoms with Crippen molar-refractivity contribution in [1.29, 1.82) is 0 Å². The van der Waals surface area contributed by atoms with Gasteiger partial charge in [-0.15, -0.1) is 27.8 Å². The summed E-state index contributed by atoms with van der Waals surface area (Å²) in [5, 5.41) is 10.3. The minimum absolute atomic E-state index is 0.106. The first-order valence-corrected chi connectivity index (χ1v) is 17.6. The van der Waals surface area contributed by atoms with E-state index in [9.17, 15) is 19.3 Å². The van der Waals surface area contributed by atoms with Crippen molar-refractivity contribution >= 4 is 89.8 Å². The zero-order chi connectivity index (χ0) is 34.7. The fraction of sp³-hybridized carbons (Fsp3) is 0.250. The van der Waals surface area contributed by atoms with Crippen LogP contribution in [0.15, 0.2) is 65.2 Å². The zero-order valence-corrected chi connectivity index (χ0v) is 28.8. The van der Waals surface area contributed by atoms with Crippen molar-refractivity contribution in [1.82, 2.24) is 19.8 Å². The van der Waals surface area contributed by atoms with Crippen molar-refractivity contribution < 1.29 is 19.1 Å². The highest BCUT2D eigenvalue weighted by molar-refractivity contribution is 7.17. The molecule has 0 aliphatic carbocycles. The van der Waals surface area contributed by atoms with E-state index >= 15 is 0 Å². The van der Waals surface area contributed by atoms with Crippen LogP contribution >= 0.6 is 22.9 Å². The second kappa shape index (κ2) is 12.6. The largest absolute Gasteiger partial charge is 0.415 e. The van der Waals surface area contributed by atoms with E-state index in [1.54, 1.807) is 52.3 Å². The fourth-order valence-corrected chi connectivity index (χ4v) is 8.18. The Kier molecular flexibility index (Phi) is 8.05. The molecule has 2 aliphatic rings. The number of hydrogen-bond acceptors (Lipinski definition) is 8. The average molecular weight is 710 g/mol. The summed E-state index contributed by atoms with van der Waals surface area (Å²) in [5.74, 6) is 0.0510. The highest BCUT2D eigenvalue weighted by Gasteiger charge is 2.37. The highest BCUT2D eigenvalue weighted by atomic mass is 35.5. The number of nitrogens with one attached hydrogen (secondary N) is 3. The Hall–Kier alpha value is -5.24. The number of halogens is 1. The summed E-state index contributed by atoms with van der Waals surface area (Å²) in [5.41, 5.74) is 5.67. The normalized spacial score (nSPS) is 16.3. The predicted octanol–water partition coefficient (Wildman–Crippen LogP) is 7.55. The van der Waals surface area contributed by atoms with Gasteiger partial charge in [-0.25, -0.2) is 4.79 Å². The third-order valence-corrected chi connectivity index (χ3v) is 11.1. The smallest absolute Gasteiger partial charge is 0.409 e. The first kappa shape index (κ1) is 32.0. The monoisotopic (exact) mass is 709 g/mol. The molecule has 8 rings (SSSR count). The van der Waals surface area contributed by atoms with Crippen LogP contribution in [-0.2, 0) is 0 Å². The summed E-state index contributed by atoms with van der Waals surface area (Å²) in [4.78, 5) is 63.4. The van der Waals surface area contributed by atoms with Crippen molar-refractivity contribution in [2.24, 2.45) is 5.18 Å². The van der Waals surface area contributed by atoms with Gasteiger partial charge in [-0.05, 0) is 84.2 Å². The van der Waals surface area contributed by atoms with E-state index in [1.165, 1.54) is 11.3 Å². The topological polar surface area (TPSA) is 143 Å². The Morgan fingerprint density at radius 2 is 1.70 bits per heavy atom. The SMILES string of the molecule is Cc1csc2c(OC(=O)N3CCN(C)CC3)cc3c(c12)[C@H](CCl)CN3C(=O)c1cc2cc(NC(=O)c3cc4cc(N=O)ccc4[nH]3)ccc2[nH]1. The lowest BCUT2D eigenvalue weighted by atomic mass is 9.97. The van der Waals surface area contributed by atoms with E-state index in [4.69, 9.17) is 16.3 Å².